The molecule has 8 nitrogen and oxygen atoms in total. The summed E-state index contributed by atoms with van der Waals surface area (Å²) in [6.45, 7) is 4.10. The number of anilines is 1. The molecular weight excluding hydrogens is 450 g/mol. The van der Waals surface area contributed by atoms with E-state index in [1.165, 1.54) is 17.2 Å². The molecule has 0 aliphatic carbocycles. The molecule has 1 fully saturated rings. The van der Waals surface area contributed by atoms with E-state index in [4.69, 9.17) is 25.7 Å². The Balaban J connectivity index is 1.67. The smallest absolute Gasteiger partial charge is 0.268 e. The van der Waals surface area contributed by atoms with Gasteiger partial charge in [-0.3, -0.25) is 4.79 Å². The molecule has 1 amide bonds. The summed E-state index contributed by atoms with van der Waals surface area (Å²) in [5.74, 6) is -3.09. The highest BCUT2D eigenvalue weighted by Gasteiger charge is 2.41. The highest BCUT2D eigenvalue weighted by atomic mass is 32.2. The molecule has 0 spiro atoms. The van der Waals surface area contributed by atoms with E-state index >= 15 is 0 Å². The molecule has 166 valence electrons. The van der Waals surface area contributed by atoms with Crippen LogP contribution in [0.4, 0.5) is 14.5 Å². The molecule has 0 radical (unpaired) electrons. The van der Waals surface area contributed by atoms with Crippen LogP contribution in [0.1, 0.15) is 24.8 Å². The topological polar surface area (TPSA) is 113 Å². The van der Waals surface area contributed by atoms with Crippen molar-refractivity contribution in [3.63, 3.8) is 0 Å². The van der Waals surface area contributed by atoms with Gasteiger partial charge in [0.25, 0.3) is 5.91 Å². The minimum absolute atomic E-state index is 0.0478. The van der Waals surface area contributed by atoms with Gasteiger partial charge >= 0.3 is 0 Å². The van der Waals surface area contributed by atoms with E-state index in [0.29, 0.717) is 17.4 Å². The number of benzene rings is 1. The number of hydrogen-bond donors (Lipinski definition) is 2. The minimum atomic E-state index is -1.01. The largest absolute Gasteiger partial charge is 0.479 e. The van der Waals surface area contributed by atoms with Crippen molar-refractivity contribution in [2.45, 2.75) is 31.1 Å². The lowest BCUT2D eigenvalue weighted by Crippen LogP contribution is -2.32. The highest BCUT2D eigenvalue weighted by Crippen LogP contribution is 2.52. The number of halogens is 2. The average molecular weight is 471 g/mol. The number of carbonyl (C=O) groups is 1. The van der Waals surface area contributed by atoms with Crippen LogP contribution in [-0.4, -0.2) is 35.4 Å². The summed E-state index contributed by atoms with van der Waals surface area (Å²) in [4.78, 5) is 13.5. The van der Waals surface area contributed by atoms with Gasteiger partial charge < -0.3 is 30.6 Å². The van der Waals surface area contributed by atoms with Gasteiger partial charge in [-0.05, 0) is 26.0 Å². The third-order valence-corrected chi connectivity index (χ3v) is 6.50. The van der Waals surface area contributed by atoms with Crippen LogP contribution in [0.3, 0.4) is 0 Å². The second kappa shape index (κ2) is 8.26. The summed E-state index contributed by atoms with van der Waals surface area (Å²) < 4.78 is 50.4. The maximum atomic E-state index is 14.6. The third-order valence-electron chi connectivity index (χ3n) is 4.67. The Morgan fingerprint density at radius 2 is 2.10 bits per heavy atom. The SMILES string of the molecule is CC1(C)OCC(COc2sncc2N2C(C(N)=O)=C(N)SC2c2c(F)cccc2F)O1. The first-order valence-electron chi connectivity index (χ1n) is 9.26. The van der Waals surface area contributed by atoms with E-state index in [9.17, 15) is 13.6 Å². The van der Waals surface area contributed by atoms with Crippen molar-refractivity contribution in [3.05, 3.63) is 52.3 Å². The van der Waals surface area contributed by atoms with Crippen molar-refractivity contribution in [1.82, 2.24) is 4.37 Å². The Labute approximate surface area is 185 Å². The zero-order valence-electron chi connectivity index (χ0n) is 16.6. The van der Waals surface area contributed by atoms with Crippen LogP contribution < -0.4 is 21.1 Å². The molecule has 1 saturated heterocycles. The predicted octanol–water partition coefficient (Wildman–Crippen LogP) is 2.82. The second-order valence-electron chi connectivity index (χ2n) is 7.31. The molecule has 3 heterocycles. The summed E-state index contributed by atoms with van der Waals surface area (Å²) in [7, 11) is 0. The molecular formula is C19H20F2N4O4S2. The zero-order valence-corrected chi connectivity index (χ0v) is 18.3. The fourth-order valence-corrected chi connectivity index (χ4v) is 5.22. The van der Waals surface area contributed by atoms with Gasteiger partial charge in [0.05, 0.1) is 23.4 Å². The summed E-state index contributed by atoms with van der Waals surface area (Å²) >= 11 is 1.94. The van der Waals surface area contributed by atoms with E-state index in [-0.39, 0.29) is 29.0 Å². The summed E-state index contributed by atoms with van der Waals surface area (Å²) in [6.07, 6.45) is 1.12. The third kappa shape index (κ3) is 4.20. The summed E-state index contributed by atoms with van der Waals surface area (Å²) in [5.41, 5.74) is 11.5. The maximum Gasteiger partial charge on any atom is 0.268 e. The molecule has 1 aromatic carbocycles. The number of nitrogens with two attached hydrogens (primary N) is 2. The molecule has 2 aliphatic heterocycles. The van der Waals surface area contributed by atoms with E-state index < -0.39 is 28.7 Å². The molecule has 2 aromatic rings. The van der Waals surface area contributed by atoms with Crippen LogP contribution in [0.5, 0.6) is 5.06 Å². The number of primary amides is 1. The lowest BCUT2D eigenvalue weighted by molar-refractivity contribution is -0.141. The fourth-order valence-electron chi connectivity index (χ4n) is 3.38. The van der Waals surface area contributed by atoms with Crippen LogP contribution in [0.2, 0.25) is 0 Å². The fraction of sp³-hybridized carbons (Fsp3) is 0.368. The molecule has 2 aliphatic rings. The molecule has 12 heteroatoms. The molecule has 0 saturated carbocycles. The van der Waals surface area contributed by atoms with Crippen LogP contribution >= 0.6 is 23.3 Å². The molecule has 4 rings (SSSR count). The first kappa shape index (κ1) is 21.8. The van der Waals surface area contributed by atoms with Gasteiger partial charge in [0, 0.05) is 11.5 Å². The zero-order chi connectivity index (χ0) is 22.3. The van der Waals surface area contributed by atoms with Crippen LogP contribution in [0, 0.1) is 11.6 Å². The molecule has 1 aromatic heterocycles. The molecule has 4 N–H and O–H groups in total. The van der Waals surface area contributed by atoms with E-state index in [2.05, 4.69) is 4.37 Å². The standard InChI is InChI=1S/C19H20F2N4O4S2/c1-19(2)28-8-9(29-19)7-27-18-12(6-24-31-18)25-14(15(22)26)16(23)30-17(25)13-10(20)4-3-5-11(13)21/h3-6,9,17H,7-8,23H2,1-2H3,(H2,22,26). The number of hydrogen-bond acceptors (Lipinski definition) is 9. The number of rotatable bonds is 6. The van der Waals surface area contributed by atoms with Gasteiger partial charge in [-0.25, -0.2) is 8.78 Å². The lowest BCUT2D eigenvalue weighted by Gasteiger charge is -2.27. The summed E-state index contributed by atoms with van der Waals surface area (Å²) in [5, 5.41) is -0.636. The number of nitrogens with zero attached hydrogens (tertiary/aromatic N) is 2. The molecule has 0 bridgehead atoms. The Hall–Kier alpha value is -2.41. The van der Waals surface area contributed by atoms with Crippen molar-refractivity contribution in [2.24, 2.45) is 11.5 Å². The van der Waals surface area contributed by atoms with E-state index in [1.807, 2.05) is 0 Å². The Kier molecular flexibility index (Phi) is 5.81. The van der Waals surface area contributed by atoms with Crippen LogP contribution in [0.15, 0.2) is 35.1 Å². The summed E-state index contributed by atoms with van der Waals surface area (Å²) in [6, 6.07) is 3.53. The van der Waals surface area contributed by atoms with E-state index in [1.54, 1.807) is 13.8 Å². The number of carbonyl (C=O) groups excluding carboxylic acids is 1. The van der Waals surface area contributed by atoms with Gasteiger partial charge in [-0.1, -0.05) is 17.8 Å². The van der Waals surface area contributed by atoms with Crippen molar-refractivity contribution < 1.29 is 27.8 Å². The number of ether oxygens (including phenoxy) is 3. The average Bonchev–Trinajstić information content (AvgIpc) is 3.36. The normalized spacial score (nSPS) is 22.9. The second-order valence-corrected chi connectivity index (χ2v) is 9.20. The number of aromatic nitrogens is 1. The van der Waals surface area contributed by atoms with Crippen molar-refractivity contribution in [3.8, 4) is 5.06 Å². The first-order valence-corrected chi connectivity index (χ1v) is 10.9. The Morgan fingerprint density at radius 3 is 2.71 bits per heavy atom. The van der Waals surface area contributed by atoms with Crippen LogP contribution in [-0.2, 0) is 14.3 Å². The predicted molar refractivity (Wildman–Crippen MR) is 112 cm³/mol. The van der Waals surface area contributed by atoms with Gasteiger partial charge in [-0.2, -0.15) is 4.37 Å². The van der Waals surface area contributed by atoms with Gasteiger partial charge in [0.1, 0.15) is 41.1 Å². The Morgan fingerprint density at radius 1 is 1.39 bits per heavy atom. The lowest BCUT2D eigenvalue weighted by atomic mass is 10.1. The van der Waals surface area contributed by atoms with Crippen molar-refractivity contribution in [1.29, 1.82) is 0 Å². The van der Waals surface area contributed by atoms with Crippen molar-refractivity contribution in [2.75, 3.05) is 18.1 Å². The number of amides is 1. The Bertz CT molecular complexity index is 1030. The monoisotopic (exact) mass is 470 g/mol. The molecule has 2 unspecified atom stereocenters. The first-order chi connectivity index (χ1) is 14.7. The minimum Gasteiger partial charge on any atom is -0.479 e. The molecule has 31 heavy (non-hydrogen) atoms. The van der Waals surface area contributed by atoms with Gasteiger partial charge in [0.2, 0.25) is 5.06 Å². The van der Waals surface area contributed by atoms with E-state index in [0.717, 1.165) is 35.4 Å². The van der Waals surface area contributed by atoms with Crippen LogP contribution in [0.25, 0.3) is 0 Å². The van der Waals surface area contributed by atoms with Gasteiger partial charge in [0.15, 0.2) is 5.79 Å². The number of thioether (sulfide) groups is 1. The maximum absolute atomic E-state index is 14.6. The molecule has 2 atom stereocenters. The van der Waals surface area contributed by atoms with Crippen molar-refractivity contribution >= 4 is 34.9 Å². The van der Waals surface area contributed by atoms with Gasteiger partial charge in [-0.15, -0.1) is 0 Å². The highest BCUT2D eigenvalue weighted by molar-refractivity contribution is 8.03. The quantitative estimate of drug-likeness (QED) is 0.663.